The van der Waals surface area contributed by atoms with E-state index in [4.69, 9.17) is 32.4 Å². The number of hydrogen-bond acceptors (Lipinski definition) is 4. The third-order valence-electron chi connectivity index (χ3n) is 3.62. The SMILES string of the molecule is O=C(CNC(=O)c1ccc(COc2ccc(Cl)cc2)o1)Nc1ccc(Cl)cc1. The van der Waals surface area contributed by atoms with Crippen molar-refractivity contribution in [1.29, 1.82) is 0 Å². The first-order valence-electron chi connectivity index (χ1n) is 8.30. The lowest BCUT2D eigenvalue weighted by Gasteiger charge is -2.06. The van der Waals surface area contributed by atoms with Gasteiger partial charge in [0, 0.05) is 15.7 Å². The second-order valence-corrected chi connectivity index (χ2v) is 6.62. The molecule has 0 spiro atoms. The summed E-state index contributed by atoms with van der Waals surface area (Å²) >= 11 is 11.6. The van der Waals surface area contributed by atoms with E-state index in [1.807, 2.05) is 0 Å². The van der Waals surface area contributed by atoms with Crippen LogP contribution in [0.5, 0.6) is 5.75 Å². The molecule has 0 aliphatic carbocycles. The first-order valence-corrected chi connectivity index (χ1v) is 9.06. The number of anilines is 1. The summed E-state index contributed by atoms with van der Waals surface area (Å²) in [7, 11) is 0. The molecule has 2 N–H and O–H groups in total. The van der Waals surface area contributed by atoms with Crippen LogP contribution in [-0.2, 0) is 11.4 Å². The topological polar surface area (TPSA) is 80.6 Å². The van der Waals surface area contributed by atoms with Crippen molar-refractivity contribution in [3.05, 3.63) is 82.2 Å². The lowest BCUT2D eigenvalue weighted by atomic mass is 10.3. The molecule has 0 saturated carbocycles. The molecule has 28 heavy (non-hydrogen) atoms. The molecule has 144 valence electrons. The van der Waals surface area contributed by atoms with Gasteiger partial charge in [0.05, 0.1) is 6.54 Å². The number of ether oxygens (including phenoxy) is 1. The Morgan fingerprint density at radius 3 is 2.21 bits per heavy atom. The predicted molar refractivity (Wildman–Crippen MR) is 107 cm³/mol. The van der Waals surface area contributed by atoms with Crippen LogP contribution in [0, 0.1) is 0 Å². The molecule has 1 heterocycles. The van der Waals surface area contributed by atoms with E-state index in [1.54, 1.807) is 54.6 Å². The van der Waals surface area contributed by atoms with Crippen molar-refractivity contribution in [2.24, 2.45) is 0 Å². The number of rotatable bonds is 7. The standard InChI is InChI=1S/C20H16Cl2N2O4/c21-13-1-5-15(6-2-13)24-19(25)11-23-20(26)18-10-9-17(28-18)12-27-16-7-3-14(22)4-8-16/h1-10H,11-12H2,(H,23,26)(H,24,25). The molecular formula is C20H16Cl2N2O4. The Morgan fingerprint density at radius 1 is 0.893 bits per heavy atom. The molecule has 0 fully saturated rings. The van der Waals surface area contributed by atoms with Crippen LogP contribution in [0.4, 0.5) is 5.69 Å². The number of furan rings is 1. The quantitative estimate of drug-likeness (QED) is 0.590. The minimum absolute atomic E-state index is 0.0917. The van der Waals surface area contributed by atoms with Gasteiger partial charge in [-0.3, -0.25) is 9.59 Å². The average molecular weight is 419 g/mol. The number of carbonyl (C=O) groups excluding carboxylic acids is 2. The average Bonchev–Trinajstić information content (AvgIpc) is 3.17. The minimum atomic E-state index is -0.496. The molecule has 3 aromatic rings. The molecule has 2 aromatic carbocycles. The molecule has 0 aliphatic heterocycles. The largest absolute Gasteiger partial charge is 0.486 e. The maximum Gasteiger partial charge on any atom is 0.287 e. The minimum Gasteiger partial charge on any atom is -0.486 e. The van der Waals surface area contributed by atoms with Crippen molar-refractivity contribution in [3.63, 3.8) is 0 Å². The molecule has 0 atom stereocenters. The van der Waals surface area contributed by atoms with Crippen LogP contribution in [0.25, 0.3) is 0 Å². The monoisotopic (exact) mass is 418 g/mol. The van der Waals surface area contributed by atoms with Gasteiger partial charge in [0.1, 0.15) is 18.1 Å². The van der Waals surface area contributed by atoms with E-state index in [1.165, 1.54) is 6.07 Å². The molecule has 0 aliphatic rings. The number of halogens is 2. The summed E-state index contributed by atoms with van der Waals surface area (Å²) in [4.78, 5) is 24.0. The summed E-state index contributed by atoms with van der Waals surface area (Å²) in [6.45, 7) is -0.0370. The van der Waals surface area contributed by atoms with Crippen LogP contribution < -0.4 is 15.4 Å². The summed E-state index contributed by atoms with van der Waals surface area (Å²) in [5.74, 6) is 0.336. The van der Waals surface area contributed by atoms with Gasteiger partial charge in [0.25, 0.3) is 5.91 Å². The molecule has 0 bridgehead atoms. The molecule has 0 radical (unpaired) electrons. The van der Waals surface area contributed by atoms with Gasteiger partial charge >= 0.3 is 0 Å². The van der Waals surface area contributed by atoms with Crippen molar-refractivity contribution in [3.8, 4) is 5.75 Å². The van der Waals surface area contributed by atoms with Gasteiger partial charge in [-0.05, 0) is 60.7 Å². The van der Waals surface area contributed by atoms with E-state index in [0.29, 0.717) is 27.2 Å². The Morgan fingerprint density at radius 2 is 1.54 bits per heavy atom. The smallest absolute Gasteiger partial charge is 0.287 e. The molecule has 2 amide bonds. The fraction of sp³-hybridized carbons (Fsp3) is 0.100. The number of nitrogens with one attached hydrogen (secondary N) is 2. The van der Waals surface area contributed by atoms with Crippen molar-refractivity contribution < 1.29 is 18.7 Å². The molecule has 3 rings (SSSR count). The van der Waals surface area contributed by atoms with Crippen molar-refractivity contribution >= 4 is 40.7 Å². The van der Waals surface area contributed by atoms with Crippen LogP contribution in [0.2, 0.25) is 10.0 Å². The van der Waals surface area contributed by atoms with Gasteiger partial charge in [-0.25, -0.2) is 0 Å². The highest BCUT2D eigenvalue weighted by Crippen LogP contribution is 2.18. The molecule has 0 saturated heterocycles. The van der Waals surface area contributed by atoms with Crippen LogP contribution in [0.3, 0.4) is 0 Å². The van der Waals surface area contributed by atoms with Gasteiger partial charge in [-0.2, -0.15) is 0 Å². The number of carbonyl (C=O) groups is 2. The predicted octanol–water partition coefficient (Wildman–Crippen LogP) is 4.53. The van der Waals surface area contributed by atoms with E-state index in [0.717, 1.165) is 0 Å². The number of benzene rings is 2. The first kappa shape index (κ1) is 19.8. The van der Waals surface area contributed by atoms with E-state index >= 15 is 0 Å². The highest BCUT2D eigenvalue weighted by molar-refractivity contribution is 6.30. The van der Waals surface area contributed by atoms with Crippen molar-refractivity contribution in [2.75, 3.05) is 11.9 Å². The Balaban J connectivity index is 1.46. The zero-order valence-corrected chi connectivity index (χ0v) is 16.1. The fourth-order valence-electron chi connectivity index (χ4n) is 2.25. The number of amides is 2. The third-order valence-corrected chi connectivity index (χ3v) is 4.12. The van der Waals surface area contributed by atoms with E-state index in [-0.39, 0.29) is 24.8 Å². The zero-order chi connectivity index (χ0) is 19.9. The number of hydrogen-bond donors (Lipinski definition) is 2. The van der Waals surface area contributed by atoms with Crippen LogP contribution >= 0.6 is 23.2 Å². The summed E-state index contributed by atoms with van der Waals surface area (Å²) in [6, 6.07) is 16.7. The third kappa shape index (κ3) is 5.77. The second-order valence-electron chi connectivity index (χ2n) is 5.75. The fourth-order valence-corrected chi connectivity index (χ4v) is 2.50. The normalized spacial score (nSPS) is 10.4. The Hall–Kier alpha value is -2.96. The molecule has 8 heteroatoms. The lowest BCUT2D eigenvalue weighted by Crippen LogP contribution is -2.32. The molecule has 0 unspecified atom stereocenters. The van der Waals surface area contributed by atoms with Crippen LogP contribution in [0.15, 0.2) is 65.1 Å². The molecule has 6 nitrogen and oxygen atoms in total. The zero-order valence-electron chi connectivity index (χ0n) is 14.6. The summed E-state index contributed by atoms with van der Waals surface area (Å²) in [5, 5.41) is 6.33. The van der Waals surface area contributed by atoms with Gasteiger partial charge in [0.15, 0.2) is 5.76 Å². The lowest BCUT2D eigenvalue weighted by molar-refractivity contribution is -0.115. The van der Waals surface area contributed by atoms with Crippen LogP contribution in [0.1, 0.15) is 16.3 Å². The summed E-state index contributed by atoms with van der Waals surface area (Å²) in [6.07, 6.45) is 0. The van der Waals surface area contributed by atoms with Crippen molar-refractivity contribution in [2.45, 2.75) is 6.61 Å². The van der Waals surface area contributed by atoms with Gasteiger partial charge in [0.2, 0.25) is 5.91 Å². The second kappa shape index (κ2) is 9.30. The van der Waals surface area contributed by atoms with Crippen molar-refractivity contribution in [1.82, 2.24) is 5.32 Å². The Kier molecular flexibility index (Phi) is 6.57. The Labute approximate surface area is 171 Å². The summed E-state index contributed by atoms with van der Waals surface area (Å²) in [5.41, 5.74) is 0.586. The molecule has 1 aromatic heterocycles. The van der Waals surface area contributed by atoms with Gasteiger partial charge in [-0.15, -0.1) is 0 Å². The summed E-state index contributed by atoms with van der Waals surface area (Å²) < 4.78 is 11.0. The van der Waals surface area contributed by atoms with E-state index in [2.05, 4.69) is 10.6 Å². The van der Waals surface area contributed by atoms with Crippen LogP contribution in [-0.4, -0.2) is 18.4 Å². The van der Waals surface area contributed by atoms with Gasteiger partial charge < -0.3 is 19.8 Å². The van der Waals surface area contributed by atoms with E-state index in [9.17, 15) is 9.59 Å². The van der Waals surface area contributed by atoms with E-state index < -0.39 is 5.91 Å². The molecular weight excluding hydrogens is 403 g/mol. The highest BCUT2D eigenvalue weighted by Gasteiger charge is 2.13. The Bertz CT molecular complexity index is 953. The first-order chi connectivity index (χ1) is 13.5. The maximum atomic E-state index is 12.1. The maximum absolute atomic E-state index is 12.1. The highest BCUT2D eigenvalue weighted by atomic mass is 35.5. The van der Waals surface area contributed by atoms with Gasteiger partial charge in [-0.1, -0.05) is 23.2 Å².